The normalized spacial score (nSPS) is 11.7. The number of nitrogens with one attached hydrogen (secondary N) is 2. The van der Waals surface area contributed by atoms with E-state index in [1.165, 1.54) is 4.88 Å². The molecular formula is C20H37IN4O2S. The Balaban J connectivity index is 0.00000729. The number of carbonyl (C=O) groups excluding carboxylic acids is 1. The van der Waals surface area contributed by atoms with Crippen LogP contribution in [-0.2, 0) is 16.1 Å². The molecule has 1 rings (SSSR count). The van der Waals surface area contributed by atoms with Gasteiger partial charge in [0.1, 0.15) is 5.60 Å². The van der Waals surface area contributed by atoms with Crippen LogP contribution < -0.4 is 10.6 Å². The number of unbranched alkanes of at least 4 members (excludes halogenated alkanes) is 3. The van der Waals surface area contributed by atoms with Crippen molar-refractivity contribution < 1.29 is 9.53 Å². The van der Waals surface area contributed by atoms with Gasteiger partial charge in [0.2, 0.25) is 0 Å². The van der Waals surface area contributed by atoms with Gasteiger partial charge < -0.3 is 15.4 Å². The molecule has 28 heavy (non-hydrogen) atoms. The molecule has 0 fully saturated rings. The lowest BCUT2D eigenvalue weighted by molar-refractivity contribution is -0.154. The van der Waals surface area contributed by atoms with Gasteiger partial charge in [0.15, 0.2) is 5.96 Å². The molecule has 0 spiro atoms. The van der Waals surface area contributed by atoms with Crippen LogP contribution in [0.1, 0.15) is 75.4 Å². The summed E-state index contributed by atoms with van der Waals surface area (Å²) in [5, 5.41) is 7.74. The third-order valence-electron chi connectivity index (χ3n) is 3.74. The molecule has 0 saturated heterocycles. The molecule has 0 amide bonds. The van der Waals surface area contributed by atoms with Crippen molar-refractivity contribution in [3.8, 4) is 0 Å². The molecule has 6 nitrogen and oxygen atoms in total. The number of hydrogen-bond donors (Lipinski definition) is 2. The van der Waals surface area contributed by atoms with E-state index in [0.717, 1.165) is 55.4 Å². The molecule has 162 valence electrons. The van der Waals surface area contributed by atoms with E-state index < -0.39 is 0 Å². The molecule has 0 radical (unpaired) electrons. The van der Waals surface area contributed by atoms with E-state index in [2.05, 4.69) is 27.5 Å². The smallest absolute Gasteiger partial charge is 0.306 e. The van der Waals surface area contributed by atoms with Crippen LogP contribution in [0.3, 0.4) is 0 Å². The van der Waals surface area contributed by atoms with E-state index in [0.29, 0.717) is 13.0 Å². The highest BCUT2D eigenvalue weighted by Gasteiger charge is 2.15. The average molecular weight is 525 g/mol. The Morgan fingerprint density at radius 3 is 2.39 bits per heavy atom. The Morgan fingerprint density at radius 2 is 1.82 bits per heavy atom. The maximum Gasteiger partial charge on any atom is 0.306 e. The van der Waals surface area contributed by atoms with Crippen LogP contribution >= 0.6 is 35.3 Å². The fourth-order valence-corrected chi connectivity index (χ4v) is 3.42. The summed E-state index contributed by atoms with van der Waals surface area (Å²) >= 11 is 1.71. The maximum absolute atomic E-state index is 11.7. The van der Waals surface area contributed by atoms with Crippen molar-refractivity contribution in [3.05, 3.63) is 15.6 Å². The van der Waals surface area contributed by atoms with Crippen molar-refractivity contribution in [3.63, 3.8) is 0 Å². The van der Waals surface area contributed by atoms with Crippen LogP contribution in [0.5, 0.6) is 0 Å². The highest BCUT2D eigenvalue weighted by molar-refractivity contribution is 14.0. The number of halogens is 1. The number of carbonyl (C=O) groups is 1. The van der Waals surface area contributed by atoms with Gasteiger partial charge in [0.05, 0.1) is 17.2 Å². The second-order valence-electron chi connectivity index (χ2n) is 7.61. The Labute approximate surface area is 191 Å². The Hall–Kier alpha value is -0.900. The van der Waals surface area contributed by atoms with Gasteiger partial charge in [-0.15, -0.1) is 35.3 Å². The Bertz CT molecular complexity index is 612. The van der Waals surface area contributed by atoms with Gasteiger partial charge in [0, 0.05) is 24.4 Å². The van der Waals surface area contributed by atoms with Crippen LogP contribution in [-0.4, -0.2) is 35.6 Å². The summed E-state index contributed by atoms with van der Waals surface area (Å²) < 4.78 is 5.32. The first-order chi connectivity index (χ1) is 12.7. The minimum Gasteiger partial charge on any atom is -0.460 e. The summed E-state index contributed by atoms with van der Waals surface area (Å²) in [5.41, 5.74) is 0.682. The second-order valence-corrected chi connectivity index (χ2v) is 8.90. The number of nitrogens with zero attached hydrogens (tertiary/aromatic N) is 2. The van der Waals surface area contributed by atoms with Crippen molar-refractivity contribution in [2.75, 3.05) is 13.1 Å². The van der Waals surface area contributed by atoms with Crippen LogP contribution in [0.4, 0.5) is 0 Å². The van der Waals surface area contributed by atoms with Crippen molar-refractivity contribution in [1.82, 2.24) is 15.6 Å². The van der Waals surface area contributed by atoms with Crippen LogP contribution in [0, 0.1) is 13.8 Å². The van der Waals surface area contributed by atoms with Gasteiger partial charge in [-0.25, -0.2) is 9.98 Å². The molecule has 8 heteroatoms. The van der Waals surface area contributed by atoms with Crippen molar-refractivity contribution >= 4 is 47.2 Å². The maximum atomic E-state index is 11.7. The third-order valence-corrected chi connectivity index (χ3v) is 4.80. The molecule has 0 aromatic carbocycles. The quantitative estimate of drug-likeness (QED) is 0.152. The molecule has 0 aliphatic carbocycles. The van der Waals surface area contributed by atoms with Gasteiger partial charge in [-0.3, -0.25) is 4.79 Å². The summed E-state index contributed by atoms with van der Waals surface area (Å²) in [4.78, 5) is 22.0. The van der Waals surface area contributed by atoms with Gasteiger partial charge in [-0.2, -0.15) is 0 Å². The first kappa shape index (κ1) is 27.1. The molecule has 0 aliphatic heterocycles. The fraction of sp³-hybridized carbons (Fsp3) is 0.750. The zero-order valence-electron chi connectivity index (χ0n) is 18.2. The van der Waals surface area contributed by atoms with E-state index >= 15 is 0 Å². The monoisotopic (exact) mass is 524 g/mol. The fourth-order valence-electron chi connectivity index (χ4n) is 2.56. The van der Waals surface area contributed by atoms with E-state index in [4.69, 9.17) is 4.74 Å². The molecule has 0 atom stereocenters. The summed E-state index contributed by atoms with van der Waals surface area (Å²) in [6, 6.07) is 0. The minimum atomic E-state index is -0.389. The molecular weight excluding hydrogens is 487 g/mol. The molecule has 0 bridgehead atoms. The molecule has 0 saturated carbocycles. The minimum absolute atomic E-state index is 0. The first-order valence-corrected chi connectivity index (χ1v) is 10.7. The number of aromatic nitrogens is 1. The molecule has 0 unspecified atom stereocenters. The topological polar surface area (TPSA) is 75.6 Å². The Morgan fingerprint density at radius 1 is 1.14 bits per heavy atom. The predicted octanol–water partition coefficient (Wildman–Crippen LogP) is 4.73. The zero-order valence-corrected chi connectivity index (χ0v) is 21.3. The molecule has 1 aromatic rings. The zero-order chi connectivity index (χ0) is 20.3. The number of rotatable bonds is 10. The van der Waals surface area contributed by atoms with Crippen LogP contribution in [0.25, 0.3) is 0 Å². The van der Waals surface area contributed by atoms with Crippen molar-refractivity contribution in [2.24, 2.45) is 4.99 Å². The number of ether oxygens (including phenoxy) is 1. The summed E-state index contributed by atoms with van der Waals surface area (Å²) in [6.45, 7) is 14.2. The number of guanidine groups is 1. The molecule has 0 aliphatic rings. The largest absolute Gasteiger partial charge is 0.460 e. The summed E-state index contributed by atoms with van der Waals surface area (Å²) in [7, 11) is 0. The SMILES string of the molecule is CCNC(=NCc1sc(C)nc1C)NCCCCCCC(=O)OC(C)(C)C.I. The average Bonchev–Trinajstić information content (AvgIpc) is 2.87. The standard InChI is InChI=1S/C20H36N4O2S.HI/c1-7-21-19(23-14-17-15(2)24-16(3)27-17)22-13-11-9-8-10-12-18(25)26-20(4,5)6;/h7-14H2,1-6H3,(H2,21,22,23);1H. The van der Waals surface area contributed by atoms with Crippen LogP contribution in [0.15, 0.2) is 4.99 Å². The lowest BCUT2D eigenvalue weighted by atomic mass is 10.1. The summed E-state index contributed by atoms with van der Waals surface area (Å²) in [5.74, 6) is 0.743. The van der Waals surface area contributed by atoms with Gasteiger partial charge in [-0.05, 0) is 54.4 Å². The number of aliphatic imine (C=N–C) groups is 1. The number of aryl methyl sites for hydroxylation is 2. The Kier molecular flexibility index (Phi) is 13.7. The van der Waals surface area contributed by atoms with E-state index in [-0.39, 0.29) is 35.5 Å². The van der Waals surface area contributed by atoms with Crippen LogP contribution in [0.2, 0.25) is 0 Å². The highest BCUT2D eigenvalue weighted by Crippen LogP contribution is 2.17. The number of thiazole rings is 1. The first-order valence-electron chi connectivity index (χ1n) is 9.88. The predicted molar refractivity (Wildman–Crippen MR) is 129 cm³/mol. The molecule has 1 heterocycles. The third kappa shape index (κ3) is 12.5. The van der Waals surface area contributed by atoms with Gasteiger partial charge >= 0.3 is 5.97 Å². The van der Waals surface area contributed by atoms with Gasteiger partial charge in [0.25, 0.3) is 0 Å². The highest BCUT2D eigenvalue weighted by atomic mass is 127. The molecule has 2 N–H and O–H groups in total. The van der Waals surface area contributed by atoms with Crippen molar-refractivity contribution in [1.29, 1.82) is 0 Å². The van der Waals surface area contributed by atoms with E-state index in [1.807, 2.05) is 34.6 Å². The number of esters is 1. The second kappa shape index (κ2) is 14.1. The summed E-state index contributed by atoms with van der Waals surface area (Å²) in [6.07, 6.45) is 4.56. The lowest BCUT2D eigenvalue weighted by Gasteiger charge is -2.19. The number of hydrogen-bond acceptors (Lipinski definition) is 5. The molecule has 1 aromatic heterocycles. The van der Waals surface area contributed by atoms with Gasteiger partial charge in [-0.1, -0.05) is 12.8 Å². The van der Waals surface area contributed by atoms with E-state index in [9.17, 15) is 4.79 Å². The lowest BCUT2D eigenvalue weighted by Crippen LogP contribution is -2.37. The van der Waals surface area contributed by atoms with E-state index in [1.54, 1.807) is 11.3 Å². The van der Waals surface area contributed by atoms with Crippen molar-refractivity contribution in [2.45, 2.75) is 85.8 Å².